The van der Waals surface area contributed by atoms with E-state index >= 15 is 0 Å². The first kappa shape index (κ1) is 20.7. The molecule has 4 aromatic rings. The van der Waals surface area contributed by atoms with Gasteiger partial charge in [-0.05, 0) is 61.7 Å². The third-order valence-corrected chi connectivity index (χ3v) is 5.85. The van der Waals surface area contributed by atoms with Crippen LogP contribution in [-0.4, -0.2) is 56.1 Å². The number of aliphatic hydroxyl groups is 1. The number of aromatic nitrogens is 5. The molecule has 0 radical (unpaired) electrons. The monoisotopic (exact) mass is 433 g/mol. The predicted octanol–water partition coefficient (Wildman–Crippen LogP) is 3.57. The third-order valence-electron chi connectivity index (χ3n) is 5.85. The van der Waals surface area contributed by atoms with Crippen molar-refractivity contribution in [2.45, 2.75) is 32.2 Å². The Morgan fingerprint density at radius 1 is 1.09 bits per heavy atom. The van der Waals surface area contributed by atoms with Gasteiger partial charge in [-0.2, -0.15) is 10.2 Å². The molecule has 166 valence electrons. The van der Waals surface area contributed by atoms with Gasteiger partial charge < -0.3 is 14.6 Å². The second kappa shape index (κ2) is 9.10. The highest BCUT2D eigenvalue weighted by atomic mass is 16.5. The Labute approximate surface area is 186 Å². The van der Waals surface area contributed by atoms with Gasteiger partial charge in [0.05, 0.1) is 41.6 Å². The quantitative estimate of drug-likeness (QED) is 0.479. The molecule has 0 saturated carbocycles. The standard InChI is InChI=1S/C24H27N5O3/c1-2-21-20-7-8-22(26-24(20)29(27-21)18-10-14-31-15-11-18)23-9-12-25-28(23)17-3-5-19(6-4-17)32-16-13-30/h3-9,12,18,30H,2,10-11,13-16H2,1H3. The maximum atomic E-state index is 8.93. The van der Waals surface area contributed by atoms with E-state index in [0.29, 0.717) is 11.8 Å². The summed E-state index contributed by atoms with van der Waals surface area (Å²) in [6, 6.07) is 14.1. The topological polar surface area (TPSA) is 87.2 Å². The molecule has 0 aliphatic carbocycles. The lowest BCUT2D eigenvalue weighted by Crippen LogP contribution is -2.21. The van der Waals surface area contributed by atoms with Crippen molar-refractivity contribution in [3.05, 3.63) is 54.4 Å². The number of rotatable bonds is 7. The molecule has 0 bridgehead atoms. The summed E-state index contributed by atoms with van der Waals surface area (Å²) in [5, 5.41) is 19.5. The van der Waals surface area contributed by atoms with Gasteiger partial charge in [0.1, 0.15) is 12.4 Å². The van der Waals surface area contributed by atoms with Gasteiger partial charge in [0.15, 0.2) is 5.65 Å². The van der Waals surface area contributed by atoms with Crippen molar-refractivity contribution in [3.63, 3.8) is 0 Å². The van der Waals surface area contributed by atoms with E-state index in [4.69, 9.17) is 24.7 Å². The maximum Gasteiger partial charge on any atom is 0.159 e. The molecule has 0 spiro atoms. The summed E-state index contributed by atoms with van der Waals surface area (Å²) in [7, 11) is 0. The number of benzene rings is 1. The van der Waals surface area contributed by atoms with Crippen molar-refractivity contribution in [2.75, 3.05) is 26.4 Å². The van der Waals surface area contributed by atoms with Crippen LogP contribution in [-0.2, 0) is 11.2 Å². The summed E-state index contributed by atoms with van der Waals surface area (Å²) in [4.78, 5) is 5.05. The van der Waals surface area contributed by atoms with Gasteiger partial charge in [0.25, 0.3) is 0 Å². The predicted molar refractivity (Wildman–Crippen MR) is 121 cm³/mol. The molecule has 8 nitrogen and oxygen atoms in total. The number of pyridine rings is 1. The SMILES string of the molecule is CCc1nn(C2CCOCC2)c2nc(-c3ccnn3-c3ccc(OCCO)cc3)ccc12. The molecular weight excluding hydrogens is 406 g/mol. The molecular formula is C24H27N5O3. The van der Waals surface area contributed by atoms with Crippen molar-refractivity contribution >= 4 is 11.0 Å². The summed E-state index contributed by atoms with van der Waals surface area (Å²) in [5.41, 5.74) is 4.68. The van der Waals surface area contributed by atoms with Gasteiger partial charge in [-0.1, -0.05) is 6.92 Å². The molecule has 32 heavy (non-hydrogen) atoms. The fraction of sp³-hybridized carbons (Fsp3) is 0.375. The van der Waals surface area contributed by atoms with E-state index in [0.717, 1.165) is 66.3 Å². The molecule has 8 heteroatoms. The van der Waals surface area contributed by atoms with E-state index in [9.17, 15) is 0 Å². The molecule has 1 aliphatic rings. The highest BCUT2D eigenvalue weighted by Crippen LogP contribution is 2.30. The molecule has 1 aromatic carbocycles. The summed E-state index contributed by atoms with van der Waals surface area (Å²) in [6.45, 7) is 3.92. The minimum atomic E-state index is -0.0105. The molecule has 1 fully saturated rings. The number of aliphatic hydroxyl groups excluding tert-OH is 1. The number of hydrogen-bond donors (Lipinski definition) is 1. The van der Waals surface area contributed by atoms with Crippen LogP contribution in [0, 0.1) is 0 Å². The minimum absolute atomic E-state index is 0.0105. The minimum Gasteiger partial charge on any atom is -0.491 e. The Morgan fingerprint density at radius 2 is 1.91 bits per heavy atom. The van der Waals surface area contributed by atoms with Gasteiger partial charge >= 0.3 is 0 Å². The average Bonchev–Trinajstić information content (AvgIpc) is 3.48. The van der Waals surface area contributed by atoms with Gasteiger partial charge in [-0.3, -0.25) is 0 Å². The Kier molecular flexibility index (Phi) is 5.87. The molecule has 0 atom stereocenters. The normalized spacial score (nSPS) is 14.8. The lowest BCUT2D eigenvalue weighted by atomic mass is 10.1. The van der Waals surface area contributed by atoms with Crippen LogP contribution in [0.15, 0.2) is 48.7 Å². The molecule has 0 unspecified atom stereocenters. The van der Waals surface area contributed by atoms with Crippen LogP contribution >= 0.6 is 0 Å². The lowest BCUT2D eigenvalue weighted by Gasteiger charge is -2.22. The zero-order chi connectivity index (χ0) is 21.9. The molecule has 4 heterocycles. The van der Waals surface area contributed by atoms with Crippen molar-refractivity contribution in [1.29, 1.82) is 0 Å². The van der Waals surface area contributed by atoms with E-state index in [2.05, 4.69) is 22.8 Å². The summed E-state index contributed by atoms with van der Waals surface area (Å²) in [6.07, 6.45) is 4.56. The van der Waals surface area contributed by atoms with Gasteiger partial charge in [0.2, 0.25) is 0 Å². The van der Waals surface area contributed by atoms with Crippen LogP contribution in [0.5, 0.6) is 5.75 Å². The molecule has 1 aliphatic heterocycles. The first-order valence-corrected chi connectivity index (χ1v) is 11.1. The number of hydrogen-bond acceptors (Lipinski definition) is 6. The summed E-state index contributed by atoms with van der Waals surface area (Å²) < 4.78 is 15.0. The van der Waals surface area contributed by atoms with E-state index in [-0.39, 0.29) is 13.2 Å². The number of fused-ring (bicyclic) bond motifs is 1. The first-order chi connectivity index (χ1) is 15.8. The molecule has 0 amide bonds. The third kappa shape index (κ3) is 3.87. The van der Waals surface area contributed by atoms with Crippen LogP contribution in [0.3, 0.4) is 0 Å². The van der Waals surface area contributed by atoms with Gasteiger partial charge in [0, 0.05) is 18.6 Å². The molecule has 1 saturated heterocycles. The zero-order valence-corrected chi connectivity index (χ0v) is 18.1. The Bertz CT molecular complexity index is 1190. The fourth-order valence-electron chi connectivity index (χ4n) is 4.22. The first-order valence-electron chi connectivity index (χ1n) is 11.1. The number of nitrogens with zero attached hydrogens (tertiary/aromatic N) is 5. The van der Waals surface area contributed by atoms with Gasteiger partial charge in [-0.15, -0.1) is 0 Å². The van der Waals surface area contributed by atoms with Gasteiger partial charge in [-0.25, -0.2) is 14.3 Å². The van der Waals surface area contributed by atoms with Crippen LogP contribution in [0.25, 0.3) is 28.1 Å². The van der Waals surface area contributed by atoms with E-state index in [1.165, 1.54) is 0 Å². The second-order valence-electron chi connectivity index (χ2n) is 7.85. The van der Waals surface area contributed by atoms with Crippen molar-refractivity contribution in [1.82, 2.24) is 24.5 Å². The Morgan fingerprint density at radius 3 is 2.66 bits per heavy atom. The Hall–Kier alpha value is -3.23. The van der Waals surface area contributed by atoms with Crippen LogP contribution < -0.4 is 4.74 Å². The molecule has 1 N–H and O–H groups in total. The maximum absolute atomic E-state index is 8.93. The smallest absolute Gasteiger partial charge is 0.159 e. The largest absolute Gasteiger partial charge is 0.491 e. The fourth-order valence-corrected chi connectivity index (χ4v) is 4.22. The van der Waals surface area contributed by atoms with Crippen molar-refractivity contribution < 1.29 is 14.6 Å². The van der Waals surface area contributed by atoms with Crippen molar-refractivity contribution in [3.8, 4) is 22.8 Å². The van der Waals surface area contributed by atoms with Crippen LogP contribution in [0.1, 0.15) is 31.5 Å². The van der Waals surface area contributed by atoms with E-state index in [1.54, 1.807) is 6.20 Å². The average molecular weight is 434 g/mol. The highest BCUT2D eigenvalue weighted by molar-refractivity contribution is 5.81. The lowest BCUT2D eigenvalue weighted by molar-refractivity contribution is 0.0672. The Balaban J connectivity index is 1.52. The van der Waals surface area contributed by atoms with E-state index < -0.39 is 0 Å². The van der Waals surface area contributed by atoms with E-state index in [1.807, 2.05) is 41.1 Å². The molecule has 5 rings (SSSR count). The van der Waals surface area contributed by atoms with Crippen LogP contribution in [0.4, 0.5) is 0 Å². The summed E-state index contributed by atoms with van der Waals surface area (Å²) >= 11 is 0. The highest BCUT2D eigenvalue weighted by Gasteiger charge is 2.22. The second-order valence-corrected chi connectivity index (χ2v) is 7.85. The summed E-state index contributed by atoms with van der Waals surface area (Å²) in [5.74, 6) is 0.712. The zero-order valence-electron chi connectivity index (χ0n) is 18.1. The van der Waals surface area contributed by atoms with Crippen LogP contribution in [0.2, 0.25) is 0 Å². The number of ether oxygens (including phenoxy) is 2. The molecule has 3 aromatic heterocycles. The number of aryl methyl sites for hydroxylation is 1. The van der Waals surface area contributed by atoms with Crippen molar-refractivity contribution in [2.24, 2.45) is 0 Å².